The molecule has 0 unspecified atom stereocenters. The fourth-order valence-electron chi connectivity index (χ4n) is 4.80. The average Bonchev–Trinajstić information content (AvgIpc) is 3.63. The molecule has 1 fully saturated rings. The molecule has 1 saturated heterocycles. The van der Waals surface area contributed by atoms with E-state index in [1.165, 1.54) is 6.33 Å². The van der Waals surface area contributed by atoms with E-state index in [9.17, 15) is 9.90 Å². The SMILES string of the molecule is O=C(O)[C@@H]1CCCN1Cc1ccc(-c2cc3c(Nc4ccc(OCc5ccccc5)cc4)ncnc3cn2)o1. The molecule has 2 N–H and O–H groups in total. The Morgan fingerprint density at radius 1 is 1.05 bits per heavy atom. The van der Waals surface area contributed by atoms with E-state index in [2.05, 4.69) is 20.3 Å². The summed E-state index contributed by atoms with van der Waals surface area (Å²) in [5.74, 6) is 1.95. The number of pyridine rings is 1. The summed E-state index contributed by atoms with van der Waals surface area (Å²) in [5.41, 5.74) is 3.32. The van der Waals surface area contributed by atoms with Crippen molar-refractivity contribution in [3.63, 3.8) is 0 Å². The Balaban J connectivity index is 1.17. The Labute approximate surface area is 225 Å². The number of carboxylic acid groups (broad SMARTS) is 1. The van der Waals surface area contributed by atoms with Gasteiger partial charge in [-0.25, -0.2) is 9.97 Å². The topological polar surface area (TPSA) is 114 Å². The van der Waals surface area contributed by atoms with Crippen molar-refractivity contribution >= 4 is 28.4 Å². The number of aromatic nitrogens is 3. The van der Waals surface area contributed by atoms with Crippen molar-refractivity contribution in [1.29, 1.82) is 0 Å². The van der Waals surface area contributed by atoms with Gasteiger partial charge in [-0.3, -0.25) is 14.7 Å². The van der Waals surface area contributed by atoms with E-state index in [4.69, 9.17) is 9.15 Å². The first-order valence-corrected chi connectivity index (χ1v) is 12.8. The Bertz CT molecular complexity index is 1590. The van der Waals surface area contributed by atoms with Crippen LogP contribution in [0.2, 0.25) is 0 Å². The molecule has 0 spiro atoms. The van der Waals surface area contributed by atoms with E-state index < -0.39 is 12.0 Å². The third kappa shape index (κ3) is 5.58. The molecule has 1 aliphatic rings. The highest BCUT2D eigenvalue weighted by Crippen LogP contribution is 2.29. The van der Waals surface area contributed by atoms with Gasteiger partial charge in [0.05, 0.1) is 18.3 Å². The van der Waals surface area contributed by atoms with E-state index in [0.717, 1.165) is 35.4 Å². The number of fused-ring (bicyclic) bond motifs is 1. The van der Waals surface area contributed by atoms with E-state index in [-0.39, 0.29) is 0 Å². The van der Waals surface area contributed by atoms with Crippen LogP contribution in [0.25, 0.3) is 22.4 Å². The summed E-state index contributed by atoms with van der Waals surface area (Å²) in [4.78, 5) is 26.8. The molecule has 9 nitrogen and oxygen atoms in total. The molecule has 0 amide bonds. The van der Waals surface area contributed by atoms with Gasteiger partial charge in [0.1, 0.15) is 42.0 Å². The highest BCUT2D eigenvalue weighted by molar-refractivity contribution is 5.92. The average molecular weight is 522 g/mol. The number of furan rings is 1. The predicted octanol–water partition coefficient (Wildman–Crippen LogP) is 5.66. The van der Waals surface area contributed by atoms with E-state index in [1.807, 2.05) is 77.7 Å². The van der Waals surface area contributed by atoms with Gasteiger partial charge in [-0.15, -0.1) is 0 Å². The third-order valence-electron chi connectivity index (χ3n) is 6.81. The summed E-state index contributed by atoms with van der Waals surface area (Å²) in [5, 5.41) is 13.6. The van der Waals surface area contributed by atoms with Gasteiger partial charge in [-0.1, -0.05) is 30.3 Å². The second kappa shape index (κ2) is 10.9. The lowest BCUT2D eigenvalue weighted by Gasteiger charge is -2.19. The Morgan fingerprint density at radius 2 is 1.90 bits per heavy atom. The molecule has 2 aromatic carbocycles. The van der Waals surface area contributed by atoms with Crippen molar-refractivity contribution in [3.05, 3.63) is 96.6 Å². The summed E-state index contributed by atoms with van der Waals surface area (Å²) in [6, 6.07) is 22.9. The lowest BCUT2D eigenvalue weighted by Crippen LogP contribution is -2.35. The first kappa shape index (κ1) is 24.6. The summed E-state index contributed by atoms with van der Waals surface area (Å²) >= 11 is 0. The Hall–Kier alpha value is -4.76. The van der Waals surface area contributed by atoms with E-state index in [0.29, 0.717) is 48.1 Å². The normalized spacial score (nSPS) is 15.4. The van der Waals surface area contributed by atoms with Crippen LogP contribution in [-0.4, -0.2) is 43.5 Å². The Kier molecular flexibility index (Phi) is 6.88. The van der Waals surface area contributed by atoms with Crippen LogP contribution in [-0.2, 0) is 17.9 Å². The number of benzene rings is 2. The fourth-order valence-corrected chi connectivity index (χ4v) is 4.80. The Morgan fingerprint density at radius 3 is 2.72 bits per heavy atom. The van der Waals surface area contributed by atoms with Crippen LogP contribution in [0.15, 0.2) is 89.7 Å². The number of aliphatic carboxylic acids is 1. The lowest BCUT2D eigenvalue weighted by atomic mass is 10.2. The number of nitrogens with one attached hydrogen (secondary N) is 1. The minimum Gasteiger partial charge on any atom is -0.489 e. The minimum absolute atomic E-state index is 0.450. The second-order valence-electron chi connectivity index (χ2n) is 9.47. The number of hydrogen-bond acceptors (Lipinski definition) is 8. The van der Waals surface area contributed by atoms with Crippen molar-refractivity contribution < 1.29 is 19.1 Å². The molecule has 3 aromatic heterocycles. The molecule has 196 valence electrons. The van der Waals surface area contributed by atoms with Crippen molar-refractivity contribution in [2.24, 2.45) is 0 Å². The largest absolute Gasteiger partial charge is 0.489 e. The zero-order chi connectivity index (χ0) is 26.6. The van der Waals surface area contributed by atoms with Crippen LogP contribution < -0.4 is 10.1 Å². The molecular weight excluding hydrogens is 494 g/mol. The predicted molar refractivity (Wildman–Crippen MR) is 147 cm³/mol. The first-order valence-electron chi connectivity index (χ1n) is 12.8. The van der Waals surface area contributed by atoms with Crippen molar-refractivity contribution in [1.82, 2.24) is 19.9 Å². The fraction of sp³-hybridized carbons (Fsp3) is 0.200. The minimum atomic E-state index is -0.787. The maximum atomic E-state index is 11.5. The van der Waals surface area contributed by atoms with Crippen LogP contribution in [0.4, 0.5) is 11.5 Å². The molecule has 1 atom stereocenters. The highest BCUT2D eigenvalue weighted by atomic mass is 16.5. The molecule has 0 radical (unpaired) electrons. The van der Waals surface area contributed by atoms with Crippen LogP contribution in [0.1, 0.15) is 24.2 Å². The molecule has 6 rings (SSSR count). The summed E-state index contributed by atoms with van der Waals surface area (Å²) < 4.78 is 12.0. The van der Waals surface area contributed by atoms with Crippen molar-refractivity contribution in [2.75, 3.05) is 11.9 Å². The van der Waals surface area contributed by atoms with Gasteiger partial charge in [0.25, 0.3) is 0 Å². The number of anilines is 2. The number of carboxylic acids is 1. The molecular formula is C30H27N5O4. The maximum Gasteiger partial charge on any atom is 0.320 e. The number of likely N-dealkylation sites (tertiary alicyclic amines) is 1. The van der Waals surface area contributed by atoms with Crippen molar-refractivity contribution in [3.8, 4) is 17.2 Å². The number of nitrogens with zero attached hydrogens (tertiary/aromatic N) is 4. The van der Waals surface area contributed by atoms with Crippen LogP contribution in [0, 0.1) is 0 Å². The van der Waals surface area contributed by atoms with E-state index in [1.54, 1.807) is 6.20 Å². The van der Waals surface area contributed by atoms with Crippen LogP contribution in [0.5, 0.6) is 5.75 Å². The second-order valence-corrected chi connectivity index (χ2v) is 9.47. The highest BCUT2D eigenvalue weighted by Gasteiger charge is 2.31. The summed E-state index contributed by atoms with van der Waals surface area (Å²) in [6.45, 7) is 1.70. The molecule has 0 saturated carbocycles. The zero-order valence-electron chi connectivity index (χ0n) is 21.2. The van der Waals surface area contributed by atoms with Gasteiger partial charge >= 0.3 is 5.97 Å². The number of carbonyl (C=O) groups is 1. The quantitative estimate of drug-likeness (QED) is 0.254. The van der Waals surface area contributed by atoms with Gasteiger partial charge in [0.2, 0.25) is 0 Å². The molecule has 5 aromatic rings. The molecule has 0 aliphatic carbocycles. The van der Waals surface area contributed by atoms with Gasteiger partial charge in [0.15, 0.2) is 5.76 Å². The van der Waals surface area contributed by atoms with Gasteiger partial charge < -0.3 is 19.6 Å². The third-order valence-corrected chi connectivity index (χ3v) is 6.81. The number of rotatable bonds is 9. The van der Waals surface area contributed by atoms with E-state index >= 15 is 0 Å². The monoisotopic (exact) mass is 521 g/mol. The zero-order valence-corrected chi connectivity index (χ0v) is 21.2. The summed E-state index contributed by atoms with van der Waals surface area (Å²) in [7, 11) is 0. The molecule has 9 heteroatoms. The molecule has 4 heterocycles. The summed E-state index contributed by atoms with van der Waals surface area (Å²) in [6.07, 6.45) is 4.73. The molecule has 0 bridgehead atoms. The number of ether oxygens (including phenoxy) is 1. The smallest absolute Gasteiger partial charge is 0.320 e. The molecule has 1 aliphatic heterocycles. The maximum absolute atomic E-state index is 11.5. The lowest BCUT2D eigenvalue weighted by molar-refractivity contribution is -0.142. The first-order chi connectivity index (χ1) is 19.1. The van der Waals surface area contributed by atoms with Crippen LogP contribution >= 0.6 is 0 Å². The number of hydrogen-bond donors (Lipinski definition) is 2. The standard InChI is InChI=1S/C30H27N5O4/c36-30(37)27-7-4-14-35(27)17-23-12-13-28(39-23)25-15-24-26(16-31-25)32-19-33-29(24)34-21-8-10-22(11-9-21)38-18-20-5-2-1-3-6-20/h1-3,5-6,8-13,15-16,19,27H,4,7,14,17-18H2,(H,36,37)(H,32,33,34)/t27-/m0/s1. The van der Waals surface area contributed by atoms with Crippen molar-refractivity contribution in [2.45, 2.75) is 32.0 Å². The molecule has 39 heavy (non-hydrogen) atoms. The van der Waals surface area contributed by atoms with Gasteiger partial charge in [0, 0.05) is 11.1 Å². The van der Waals surface area contributed by atoms with Crippen LogP contribution in [0.3, 0.4) is 0 Å². The van der Waals surface area contributed by atoms with Gasteiger partial charge in [-0.05, 0) is 67.4 Å². The van der Waals surface area contributed by atoms with Gasteiger partial charge in [-0.2, -0.15) is 0 Å².